The summed E-state index contributed by atoms with van der Waals surface area (Å²) in [5, 5.41) is 12.7. The predicted molar refractivity (Wildman–Crippen MR) is 78.4 cm³/mol. The van der Waals surface area contributed by atoms with E-state index in [2.05, 4.69) is 5.32 Å². The molecule has 4 nitrogen and oxygen atoms in total. The third-order valence-corrected chi connectivity index (χ3v) is 3.61. The molecular formula is C16H21NO3. The molecule has 108 valence electrons. The highest BCUT2D eigenvalue weighted by atomic mass is 16.5. The van der Waals surface area contributed by atoms with E-state index in [-0.39, 0.29) is 11.9 Å². The first-order valence-corrected chi connectivity index (χ1v) is 7.00. The molecule has 0 spiro atoms. The number of hydrogen-bond donors (Lipinski definition) is 2. The number of rotatable bonds is 4. The highest BCUT2D eigenvalue weighted by molar-refractivity contribution is 5.92. The van der Waals surface area contributed by atoms with E-state index >= 15 is 0 Å². The average Bonchev–Trinajstić information content (AvgIpc) is 2.48. The highest BCUT2D eigenvalue weighted by Gasteiger charge is 2.23. The van der Waals surface area contributed by atoms with Crippen molar-refractivity contribution in [1.82, 2.24) is 5.32 Å². The number of hydrogen-bond acceptors (Lipinski definition) is 3. The van der Waals surface area contributed by atoms with Gasteiger partial charge in [-0.25, -0.2) is 0 Å². The van der Waals surface area contributed by atoms with Gasteiger partial charge in [-0.1, -0.05) is 31.0 Å². The number of aliphatic hydroxyl groups excluding tert-OH is 1. The van der Waals surface area contributed by atoms with Gasteiger partial charge >= 0.3 is 0 Å². The Labute approximate surface area is 119 Å². The van der Waals surface area contributed by atoms with Crippen molar-refractivity contribution in [2.75, 3.05) is 7.11 Å². The molecule has 1 aromatic rings. The molecule has 2 N–H and O–H groups in total. The third kappa shape index (κ3) is 3.84. The number of aliphatic hydroxyl groups is 1. The van der Waals surface area contributed by atoms with Gasteiger partial charge in [0, 0.05) is 11.6 Å². The maximum atomic E-state index is 11.9. The van der Waals surface area contributed by atoms with Gasteiger partial charge in [0.15, 0.2) is 0 Å². The molecule has 4 heteroatoms. The molecule has 0 radical (unpaired) electrons. The Morgan fingerprint density at radius 3 is 2.85 bits per heavy atom. The summed E-state index contributed by atoms with van der Waals surface area (Å²) in [6, 6.07) is 7.39. The van der Waals surface area contributed by atoms with Crippen LogP contribution >= 0.6 is 0 Å². The van der Waals surface area contributed by atoms with Crippen LogP contribution in [0.15, 0.2) is 30.3 Å². The first kappa shape index (κ1) is 14.6. The molecule has 20 heavy (non-hydrogen) atoms. The molecule has 2 unspecified atom stereocenters. The maximum absolute atomic E-state index is 11.9. The van der Waals surface area contributed by atoms with Crippen LogP contribution in [0.5, 0.6) is 5.75 Å². The topological polar surface area (TPSA) is 58.6 Å². The fourth-order valence-electron chi connectivity index (χ4n) is 2.48. The van der Waals surface area contributed by atoms with E-state index in [1.807, 2.05) is 24.3 Å². The summed E-state index contributed by atoms with van der Waals surface area (Å²) in [4.78, 5) is 11.9. The summed E-state index contributed by atoms with van der Waals surface area (Å²) >= 11 is 0. The molecule has 0 aliphatic heterocycles. The summed E-state index contributed by atoms with van der Waals surface area (Å²) < 4.78 is 5.22. The Kier molecular flexibility index (Phi) is 5.18. The number of nitrogens with one attached hydrogen (secondary N) is 1. The van der Waals surface area contributed by atoms with Crippen molar-refractivity contribution in [2.24, 2.45) is 0 Å². The molecule has 0 saturated heterocycles. The molecular weight excluding hydrogens is 254 g/mol. The monoisotopic (exact) mass is 275 g/mol. The van der Waals surface area contributed by atoms with Crippen LogP contribution in [0.2, 0.25) is 0 Å². The van der Waals surface area contributed by atoms with Gasteiger partial charge in [-0.15, -0.1) is 0 Å². The maximum Gasteiger partial charge on any atom is 0.244 e. The van der Waals surface area contributed by atoms with Gasteiger partial charge in [0.25, 0.3) is 0 Å². The summed E-state index contributed by atoms with van der Waals surface area (Å²) in [6.07, 6.45) is 6.48. The van der Waals surface area contributed by atoms with Gasteiger partial charge in [-0.3, -0.25) is 4.79 Å². The summed E-state index contributed by atoms with van der Waals surface area (Å²) in [5.74, 6) is 0.552. The van der Waals surface area contributed by atoms with Crippen LogP contribution in [0.25, 0.3) is 6.08 Å². The van der Waals surface area contributed by atoms with Crippen LogP contribution in [0.1, 0.15) is 31.2 Å². The van der Waals surface area contributed by atoms with Gasteiger partial charge in [0.2, 0.25) is 5.91 Å². The van der Waals surface area contributed by atoms with E-state index < -0.39 is 6.10 Å². The average molecular weight is 275 g/mol. The van der Waals surface area contributed by atoms with Crippen molar-refractivity contribution >= 4 is 12.0 Å². The first-order valence-electron chi connectivity index (χ1n) is 7.00. The summed E-state index contributed by atoms with van der Waals surface area (Å²) in [6.45, 7) is 0. The normalized spacial score (nSPS) is 22.7. The molecule has 2 rings (SSSR count). The smallest absolute Gasteiger partial charge is 0.244 e. The Hall–Kier alpha value is -1.81. The van der Waals surface area contributed by atoms with Gasteiger partial charge in [0.05, 0.1) is 19.3 Å². The van der Waals surface area contributed by atoms with Crippen LogP contribution in [0.3, 0.4) is 0 Å². The second-order valence-corrected chi connectivity index (χ2v) is 5.04. The van der Waals surface area contributed by atoms with Crippen LogP contribution in [0, 0.1) is 0 Å². The number of methoxy groups -OCH3 is 1. The zero-order valence-corrected chi connectivity index (χ0v) is 11.7. The van der Waals surface area contributed by atoms with E-state index in [1.165, 1.54) is 6.08 Å². The molecule has 0 heterocycles. The first-order chi connectivity index (χ1) is 9.70. The number of ether oxygens (including phenoxy) is 1. The molecule has 1 amide bonds. The summed E-state index contributed by atoms with van der Waals surface area (Å²) in [7, 11) is 1.60. The lowest BCUT2D eigenvalue weighted by atomic mass is 9.92. The largest absolute Gasteiger partial charge is 0.496 e. The lowest BCUT2D eigenvalue weighted by Gasteiger charge is -2.27. The molecule has 1 aliphatic rings. The highest BCUT2D eigenvalue weighted by Crippen LogP contribution is 2.20. The molecule has 1 aliphatic carbocycles. The van der Waals surface area contributed by atoms with Gasteiger partial charge < -0.3 is 15.2 Å². The molecule has 1 aromatic carbocycles. The molecule has 1 fully saturated rings. The SMILES string of the molecule is COc1ccccc1C=CC(=O)NC1CCCCC1O. The van der Waals surface area contributed by atoms with E-state index in [4.69, 9.17) is 4.74 Å². The van der Waals surface area contributed by atoms with Crippen molar-refractivity contribution in [3.8, 4) is 5.75 Å². The Balaban J connectivity index is 1.95. The van der Waals surface area contributed by atoms with Crippen molar-refractivity contribution in [3.05, 3.63) is 35.9 Å². The van der Waals surface area contributed by atoms with E-state index in [9.17, 15) is 9.90 Å². The van der Waals surface area contributed by atoms with Crippen molar-refractivity contribution in [3.63, 3.8) is 0 Å². The number of benzene rings is 1. The minimum absolute atomic E-state index is 0.126. The lowest BCUT2D eigenvalue weighted by molar-refractivity contribution is -0.118. The number of amides is 1. The second-order valence-electron chi connectivity index (χ2n) is 5.04. The van der Waals surface area contributed by atoms with Crippen LogP contribution < -0.4 is 10.1 Å². The van der Waals surface area contributed by atoms with Crippen molar-refractivity contribution in [2.45, 2.75) is 37.8 Å². The Morgan fingerprint density at radius 2 is 2.10 bits per heavy atom. The number of para-hydroxylation sites is 1. The molecule has 0 aromatic heterocycles. The standard InChI is InChI=1S/C16H21NO3/c1-20-15-9-5-2-6-12(15)10-11-16(19)17-13-7-3-4-8-14(13)18/h2,5-6,9-11,13-14,18H,3-4,7-8H2,1H3,(H,17,19). The van der Waals surface area contributed by atoms with Crippen LogP contribution in [-0.4, -0.2) is 30.3 Å². The van der Waals surface area contributed by atoms with E-state index in [1.54, 1.807) is 13.2 Å². The fourth-order valence-corrected chi connectivity index (χ4v) is 2.48. The quantitative estimate of drug-likeness (QED) is 0.828. The molecule has 1 saturated carbocycles. The minimum atomic E-state index is -0.424. The van der Waals surface area contributed by atoms with Crippen LogP contribution in [-0.2, 0) is 4.79 Å². The van der Waals surface area contributed by atoms with Gasteiger partial charge in [-0.2, -0.15) is 0 Å². The number of carbonyl (C=O) groups is 1. The molecule has 0 bridgehead atoms. The third-order valence-electron chi connectivity index (χ3n) is 3.61. The Morgan fingerprint density at radius 1 is 1.35 bits per heavy atom. The Bertz CT molecular complexity index is 484. The van der Waals surface area contributed by atoms with Crippen LogP contribution in [0.4, 0.5) is 0 Å². The fraction of sp³-hybridized carbons (Fsp3) is 0.438. The minimum Gasteiger partial charge on any atom is -0.496 e. The predicted octanol–water partition coefficient (Wildman–Crippen LogP) is 2.13. The molecule has 2 atom stereocenters. The summed E-state index contributed by atoms with van der Waals surface area (Å²) in [5.41, 5.74) is 0.856. The number of carbonyl (C=O) groups excluding carboxylic acids is 1. The van der Waals surface area contributed by atoms with E-state index in [0.717, 1.165) is 37.0 Å². The van der Waals surface area contributed by atoms with Crippen molar-refractivity contribution < 1.29 is 14.6 Å². The van der Waals surface area contributed by atoms with E-state index in [0.29, 0.717) is 0 Å². The lowest BCUT2D eigenvalue weighted by Crippen LogP contribution is -2.44. The van der Waals surface area contributed by atoms with Gasteiger partial charge in [0.1, 0.15) is 5.75 Å². The van der Waals surface area contributed by atoms with Gasteiger partial charge in [-0.05, 0) is 25.0 Å². The van der Waals surface area contributed by atoms with Crippen molar-refractivity contribution in [1.29, 1.82) is 0 Å². The zero-order chi connectivity index (χ0) is 14.4. The zero-order valence-electron chi connectivity index (χ0n) is 11.7. The second kappa shape index (κ2) is 7.10.